The summed E-state index contributed by atoms with van der Waals surface area (Å²) in [5.74, 6) is -4.32. The van der Waals surface area contributed by atoms with Gasteiger partial charge in [-0.25, -0.2) is 4.79 Å². The Morgan fingerprint density at radius 2 is 1.34 bits per heavy atom. The molecule has 1 amide bonds. The minimum absolute atomic E-state index is 0.170. The van der Waals surface area contributed by atoms with E-state index in [9.17, 15) is 29.4 Å². The van der Waals surface area contributed by atoms with Crippen molar-refractivity contribution in [1.82, 2.24) is 5.32 Å². The first-order valence-electron chi connectivity index (χ1n) is 13.3. The van der Waals surface area contributed by atoms with Crippen molar-refractivity contribution in [3.05, 3.63) is 102 Å². The molecule has 0 aliphatic rings. The summed E-state index contributed by atoms with van der Waals surface area (Å²) in [6.07, 6.45) is -0.193. The number of para-hydroxylation sites is 1. The summed E-state index contributed by atoms with van der Waals surface area (Å²) in [4.78, 5) is 51.7. The molecule has 0 saturated carbocycles. The van der Waals surface area contributed by atoms with Crippen molar-refractivity contribution >= 4 is 40.4 Å². The van der Waals surface area contributed by atoms with Crippen molar-refractivity contribution in [1.29, 1.82) is 0 Å². The molecule has 0 fully saturated rings. The van der Waals surface area contributed by atoms with Gasteiger partial charge in [0.1, 0.15) is 0 Å². The Hall–Kier alpha value is -4.11. The molecule has 3 rings (SSSR count). The van der Waals surface area contributed by atoms with Gasteiger partial charge in [-0.1, -0.05) is 111 Å². The highest BCUT2D eigenvalue weighted by Crippen LogP contribution is 2.34. The molecule has 0 spiro atoms. The molecule has 0 saturated heterocycles. The van der Waals surface area contributed by atoms with Crippen molar-refractivity contribution in [2.45, 2.75) is 50.9 Å². The van der Waals surface area contributed by atoms with Crippen LogP contribution in [0.3, 0.4) is 0 Å². The Morgan fingerprint density at radius 1 is 0.805 bits per heavy atom. The Labute approximate surface area is 244 Å². The number of thioether (sulfide) groups is 1. The number of hydrogen-bond acceptors (Lipinski definition) is 6. The Kier molecular flexibility index (Phi) is 10.7. The SMILES string of the molecule is CC(C)(C)C(C[C@@](NC(=O)CC(Cc1ccccc1)SC(=O)c1ccccc1)(Nc1ccccc1)C(=O)O)C(=O)O. The fourth-order valence-electron chi connectivity index (χ4n) is 4.49. The van der Waals surface area contributed by atoms with Crippen molar-refractivity contribution in [2.24, 2.45) is 11.3 Å². The standard InChI is InChI=1S/C32H36N2O6S/c1-31(2,3)26(28(36)37)21-32(30(39)40,33-24-17-11-6-12-18-24)34-27(35)20-25(19-22-13-7-4-8-14-22)41-29(38)23-15-9-5-10-16-23/h4-18,25-26,33H,19-21H2,1-3H3,(H,34,35)(H,36,37)(H,39,40)/t25?,26?,32-/m0/s1. The van der Waals surface area contributed by atoms with Gasteiger partial charge in [0, 0.05) is 29.3 Å². The van der Waals surface area contributed by atoms with E-state index in [0.29, 0.717) is 17.7 Å². The Balaban J connectivity index is 1.92. The monoisotopic (exact) mass is 576 g/mol. The lowest BCUT2D eigenvalue weighted by atomic mass is 9.75. The lowest BCUT2D eigenvalue weighted by molar-refractivity contribution is -0.152. The lowest BCUT2D eigenvalue weighted by Gasteiger charge is -2.38. The van der Waals surface area contributed by atoms with Gasteiger partial charge in [0.2, 0.25) is 16.7 Å². The molecule has 3 aromatic rings. The van der Waals surface area contributed by atoms with Crippen LogP contribution in [0.25, 0.3) is 0 Å². The summed E-state index contributed by atoms with van der Waals surface area (Å²) in [7, 11) is 0. The van der Waals surface area contributed by atoms with Crippen LogP contribution in [0.4, 0.5) is 5.69 Å². The van der Waals surface area contributed by atoms with Crippen molar-refractivity contribution in [2.75, 3.05) is 5.32 Å². The molecule has 41 heavy (non-hydrogen) atoms. The third-order valence-corrected chi connectivity index (χ3v) is 7.82. The molecular formula is C32H36N2O6S. The van der Waals surface area contributed by atoms with E-state index in [1.807, 2.05) is 36.4 Å². The molecule has 8 nitrogen and oxygen atoms in total. The molecular weight excluding hydrogens is 540 g/mol. The second kappa shape index (κ2) is 14.0. The number of carboxylic acid groups (broad SMARTS) is 2. The van der Waals surface area contributed by atoms with Crippen LogP contribution in [0.5, 0.6) is 0 Å². The van der Waals surface area contributed by atoms with E-state index >= 15 is 0 Å². The van der Waals surface area contributed by atoms with Crippen LogP contribution < -0.4 is 10.6 Å². The van der Waals surface area contributed by atoms with E-state index < -0.39 is 46.5 Å². The molecule has 3 atom stereocenters. The smallest absolute Gasteiger partial charge is 0.350 e. The third-order valence-electron chi connectivity index (χ3n) is 6.71. The molecule has 3 aromatic carbocycles. The molecule has 216 valence electrons. The minimum atomic E-state index is -2.12. The van der Waals surface area contributed by atoms with Gasteiger partial charge in [-0.05, 0) is 29.5 Å². The zero-order valence-corrected chi connectivity index (χ0v) is 24.2. The van der Waals surface area contributed by atoms with E-state index in [1.54, 1.807) is 75.4 Å². The van der Waals surface area contributed by atoms with E-state index in [0.717, 1.165) is 17.3 Å². The summed E-state index contributed by atoms with van der Waals surface area (Å²) in [6.45, 7) is 5.14. The number of carbonyl (C=O) groups excluding carboxylic acids is 2. The molecule has 4 N–H and O–H groups in total. The van der Waals surface area contributed by atoms with Crippen LogP contribution in [0.15, 0.2) is 91.0 Å². The Morgan fingerprint density at radius 3 is 1.85 bits per heavy atom. The van der Waals surface area contributed by atoms with E-state index in [-0.39, 0.29) is 11.5 Å². The summed E-state index contributed by atoms with van der Waals surface area (Å²) in [5, 5.41) is 25.3. The first kappa shape index (κ1) is 31.4. The van der Waals surface area contributed by atoms with Gasteiger partial charge >= 0.3 is 11.9 Å². The minimum Gasteiger partial charge on any atom is -0.481 e. The van der Waals surface area contributed by atoms with Crippen LogP contribution in [-0.2, 0) is 20.8 Å². The molecule has 2 unspecified atom stereocenters. The van der Waals surface area contributed by atoms with E-state index in [4.69, 9.17) is 0 Å². The predicted octanol–water partition coefficient (Wildman–Crippen LogP) is 5.71. The zero-order chi connectivity index (χ0) is 30.0. The van der Waals surface area contributed by atoms with Crippen LogP contribution in [0.1, 0.15) is 49.5 Å². The third kappa shape index (κ3) is 9.21. The highest BCUT2D eigenvalue weighted by molar-refractivity contribution is 8.14. The highest BCUT2D eigenvalue weighted by atomic mass is 32.2. The second-order valence-electron chi connectivity index (χ2n) is 11.0. The number of hydrogen-bond donors (Lipinski definition) is 4. The number of benzene rings is 3. The summed E-state index contributed by atoms with van der Waals surface area (Å²) < 4.78 is 0. The first-order valence-corrected chi connectivity index (χ1v) is 14.2. The fourth-order valence-corrected chi connectivity index (χ4v) is 5.57. The van der Waals surface area contributed by atoms with E-state index in [1.165, 1.54) is 0 Å². The summed E-state index contributed by atoms with van der Waals surface area (Å²) in [6, 6.07) is 26.6. The Bertz CT molecular complexity index is 1330. The van der Waals surface area contributed by atoms with Gasteiger partial charge in [-0.3, -0.25) is 14.4 Å². The first-order chi connectivity index (χ1) is 19.4. The van der Waals surface area contributed by atoms with Gasteiger partial charge < -0.3 is 20.8 Å². The van der Waals surface area contributed by atoms with Crippen molar-refractivity contribution in [3.63, 3.8) is 0 Å². The van der Waals surface area contributed by atoms with E-state index in [2.05, 4.69) is 10.6 Å². The maximum atomic E-state index is 13.6. The van der Waals surface area contributed by atoms with Crippen LogP contribution >= 0.6 is 11.8 Å². The largest absolute Gasteiger partial charge is 0.481 e. The number of aliphatic carboxylic acids is 2. The maximum absolute atomic E-state index is 13.6. The highest BCUT2D eigenvalue weighted by Gasteiger charge is 2.47. The average Bonchev–Trinajstić information content (AvgIpc) is 2.92. The normalized spacial score (nSPS) is 14.2. The lowest BCUT2D eigenvalue weighted by Crippen LogP contribution is -2.62. The molecule has 0 bridgehead atoms. The van der Waals surface area contributed by atoms with Gasteiger partial charge in [-0.15, -0.1) is 0 Å². The average molecular weight is 577 g/mol. The molecule has 0 heterocycles. The zero-order valence-electron chi connectivity index (χ0n) is 23.4. The number of anilines is 1. The number of carbonyl (C=O) groups is 4. The van der Waals surface area contributed by atoms with Gasteiger partial charge in [-0.2, -0.15) is 0 Å². The molecule has 0 aliphatic carbocycles. The second-order valence-corrected chi connectivity index (χ2v) is 12.3. The number of amides is 1. The van der Waals surface area contributed by atoms with Gasteiger partial charge in [0.25, 0.3) is 0 Å². The summed E-state index contributed by atoms with van der Waals surface area (Å²) in [5.41, 5.74) is -1.10. The van der Waals surface area contributed by atoms with Gasteiger partial charge in [0.15, 0.2) is 0 Å². The molecule has 0 aromatic heterocycles. The number of nitrogens with one attached hydrogen (secondary N) is 2. The quantitative estimate of drug-likeness (QED) is 0.190. The van der Waals surface area contributed by atoms with Gasteiger partial charge in [0.05, 0.1) is 5.92 Å². The molecule has 9 heteroatoms. The maximum Gasteiger partial charge on any atom is 0.350 e. The van der Waals surface area contributed by atoms with Crippen molar-refractivity contribution in [3.8, 4) is 0 Å². The number of rotatable bonds is 13. The topological polar surface area (TPSA) is 133 Å². The summed E-state index contributed by atoms with van der Waals surface area (Å²) >= 11 is 1.02. The number of carboxylic acids is 2. The van der Waals surface area contributed by atoms with Crippen LogP contribution in [0, 0.1) is 11.3 Å². The van der Waals surface area contributed by atoms with Crippen LogP contribution in [-0.4, -0.2) is 44.1 Å². The predicted molar refractivity (Wildman–Crippen MR) is 161 cm³/mol. The van der Waals surface area contributed by atoms with Crippen LogP contribution in [0.2, 0.25) is 0 Å². The molecule has 0 radical (unpaired) electrons. The molecule has 0 aliphatic heterocycles. The van der Waals surface area contributed by atoms with Crippen molar-refractivity contribution < 1.29 is 29.4 Å². The fraction of sp³-hybridized carbons (Fsp3) is 0.312.